The van der Waals surface area contributed by atoms with Gasteiger partial charge in [-0.25, -0.2) is 0 Å². The van der Waals surface area contributed by atoms with Crippen molar-refractivity contribution in [1.82, 2.24) is 4.90 Å². The molecule has 0 amide bonds. The fourth-order valence-electron chi connectivity index (χ4n) is 3.74. The van der Waals surface area contributed by atoms with Crippen LogP contribution in [0.3, 0.4) is 0 Å². The van der Waals surface area contributed by atoms with Crippen LogP contribution in [0, 0.1) is 11.8 Å². The van der Waals surface area contributed by atoms with Crippen molar-refractivity contribution in [1.29, 1.82) is 0 Å². The highest BCUT2D eigenvalue weighted by Crippen LogP contribution is 2.40. The Morgan fingerprint density at radius 2 is 2.00 bits per heavy atom. The lowest BCUT2D eigenvalue weighted by atomic mass is 9.72. The minimum Gasteiger partial charge on any atom is -0.329 e. The van der Waals surface area contributed by atoms with Gasteiger partial charge in [-0.3, -0.25) is 4.90 Å². The van der Waals surface area contributed by atoms with Crippen LogP contribution in [0.1, 0.15) is 46.5 Å². The molecule has 1 saturated carbocycles. The smallest absolute Gasteiger partial charge is 0.0332 e. The first-order valence-electron chi connectivity index (χ1n) is 7.64. The summed E-state index contributed by atoms with van der Waals surface area (Å²) in [5, 5.41) is 0.782. The molecule has 2 nitrogen and oxygen atoms in total. The van der Waals surface area contributed by atoms with E-state index in [0.717, 1.165) is 23.6 Å². The van der Waals surface area contributed by atoms with Gasteiger partial charge in [0.15, 0.2) is 0 Å². The lowest BCUT2D eigenvalue weighted by Crippen LogP contribution is -2.59. The van der Waals surface area contributed by atoms with Gasteiger partial charge in [-0.05, 0) is 37.5 Å². The van der Waals surface area contributed by atoms with Gasteiger partial charge in [0.25, 0.3) is 0 Å². The maximum Gasteiger partial charge on any atom is 0.0332 e. The number of thioether (sulfide) groups is 1. The first kappa shape index (κ1) is 14.7. The standard InChI is InChI=1S/C15H30N2S/c1-12(2)14-4-6-15(11-16,7-5-14)17-8-9-18-13(3)10-17/h12-14H,4-11,16H2,1-3H3. The summed E-state index contributed by atoms with van der Waals surface area (Å²) in [7, 11) is 0. The van der Waals surface area contributed by atoms with Gasteiger partial charge in [0.05, 0.1) is 0 Å². The molecule has 2 aliphatic rings. The molecule has 3 heteroatoms. The highest BCUT2D eigenvalue weighted by Gasteiger charge is 2.40. The van der Waals surface area contributed by atoms with Crippen LogP contribution < -0.4 is 5.73 Å². The molecule has 0 spiro atoms. The molecule has 0 aromatic carbocycles. The van der Waals surface area contributed by atoms with Gasteiger partial charge in [0.2, 0.25) is 0 Å². The molecule has 2 rings (SSSR count). The van der Waals surface area contributed by atoms with Gasteiger partial charge in [-0.1, -0.05) is 20.8 Å². The zero-order valence-corrected chi connectivity index (χ0v) is 13.1. The van der Waals surface area contributed by atoms with Gasteiger partial charge in [-0.2, -0.15) is 11.8 Å². The topological polar surface area (TPSA) is 29.3 Å². The molecule has 106 valence electrons. The Bertz CT molecular complexity index is 259. The molecule has 1 aliphatic carbocycles. The molecular weight excluding hydrogens is 240 g/mol. The highest BCUT2D eigenvalue weighted by atomic mass is 32.2. The van der Waals surface area contributed by atoms with Gasteiger partial charge < -0.3 is 5.73 Å². The maximum absolute atomic E-state index is 6.19. The fourth-order valence-corrected chi connectivity index (χ4v) is 4.76. The predicted octanol–water partition coefficient (Wildman–Crippen LogP) is 2.97. The Labute approximate surface area is 117 Å². The Morgan fingerprint density at radius 1 is 1.33 bits per heavy atom. The lowest BCUT2D eigenvalue weighted by Gasteiger charge is -2.50. The van der Waals surface area contributed by atoms with E-state index in [1.807, 2.05) is 0 Å². The fraction of sp³-hybridized carbons (Fsp3) is 1.00. The Hall–Kier alpha value is 0.270. The van der Waals surface area contributed by atoms with Crippen LogP contribution in [0.25, 0.3) is 0 Å². The number of rotatable bonds is 3. The van der Waals surface area contributed by atoms with Gasteiger partial charge >= 0.3 is 0 Å². The van der Waals surface area contributed by atoms with Crippen molar-refractivity contribution in [2.24, 2.45) is 17.6 Å². The van der Waals surface area contributed by atoms with E-state index in [1.165, 1.54) is 44.5 Å². The summed E-state index contributed by atoms with van der Waals surface area (Å²) in [6.45, 7) is 10.5. The average Bonchev–Trinajstić information content (AvgIpc) is 2.38. The van der Waals surface area contributed by atoms with Crippen molar-refractivity contribution in [3.8, 4) is 0 Å². The van der Waals surface area contributed by atoms with E-state index in [4.69, 9.17) is 5.73 Å². The molecule has 2 N–H and O–H groups in total. The van der Waals surface area contributed by atoms with Crippen LogP contribution in [-0.2, 0) is 0 Å². The molecule has 1 atom stereocenters. The maximum atomic E-state index is 6.19. The third kappa shape index (κ3) is 3.05. The SMILES string of the molecule is CC1CN(C2(CN)CCC(C(C)C)CC2)CCS1. The van der Waals surface area contributed by atoms with Crippen molar-refractivity contribution >= 4 is 11.8 Å². The van der Waals surface area contributed by atoms with Crippen LogP contribution in [0.4, 0.5) is 0 Å². The van der Waals surface area contributed by atoms with E-state index >= 15 is 0 Å². The largest absolute Gasteiger partial charge is 0.329 e. The monoisotopic (exact) mass is 270 g/mol. The third-order valence-corrected chi connectivity index (χ3v) is 6.33. The normalized spacial score (nSPS) is 39.2. The summed E-state index contributed by atoms with van der Waals surface area (Å²) >= 11 is 2.12. The second-order valence-corrected chi connectivity index (χ2v) is 8.18. The zero-order chi connectivity index (χ0) is 13.2. The summed E-state index contributed by atoms with van der Waals surface area (Å²) in [6.07, 6.45) is 5.41. The van der Waals surface area contributed by atoms with Crippen LogP contribution in [-0.4, -0.2) is 41.1 Å². The van der Waals surface area contributed by atoms with Crippen molar-refractivity contribution in [2.75, 3.05) is 25.4 Å². The van der Waals surface area contributed by atoms with E-state index in [0.29, 0.717) is 5.54 Å². The van der Waals surface area contributed by atoms with E-state index in [-0.39, 0.29) is 0 Å². The molecule has 0 bridgehead atoms. The van der Waals surface area contributed by atoms with Gasteiger partial charge in [-0.15, -0.1) is 0 Å². The molecular formula is C15H30N2S. The number of nitrogens with zero attached hydrogens (tertiary/aromatic N) is 1. The van der Waals surface area contributed by atoms with E-state index in [1.54, 1.807) is 0 Å². The molecule has 1 unspecified atom stereocenters. The quantitative estimate of drug-likeness (QED) is 0.855. The van der Waals surface area contributed by atoms with E-state index < -0.39 is 0 Å². The van der Waals surface area contributed by atoms with Crippen LogP contribution in [0.5, 0.6) is 0 Å². The van der Waals surface area contributed by atoms with Gasteiger partial charge in [0.1, 0.15) is 0 Å². The molecule has 1 heterocycles. The molecule has 1 saturated heterocycles. The zero-order valence-electron chi connectivity index (χ0n) is 12.3. The summed E-state index contributed by atoms with van der Waals surface area (Å²) < 4.78 is 0. The summed E-state index contributed by atoms with van der Waals surface area (Å²) in [5.41, 5.74) is 6.52. The third-order valence-electron chi connectivity index (χ3n) is 5.20. The first-order chi connectivity index (χ1) is 8.57. The second-order valence-electron chi connectivity index (χ2n) is 6.64. The Kier molecular flexibility index (Phi) is 5.01. The highest BCUT2D eigenvalue weighted by molar-refractivity contribution is 7.99. The molecule has 0 aromatic rings. The average molecular weight is 270 g/mol. The number of hydrogen-bond donors (Lipinski definition) is 1. The summed E-state index contributed by atoms with van der Waals surface area (Å²) in [6, 6.07) is 0. The molecule has 0 radical (unpaired) electrons. The van der Waals surface area contributed by atoms with Crippen LogP contribution in [0.15, 0.2) is 0 Å². The molecule has 18 heavy (non-hydrogen) atoms. The minimum atomic E-state index is 0.334. The number of nitrogens with two attached hydrogens (primary N) is 1. The summed E-state index contributed by atoms with van der Waals surface area (Å²) in [4.78, 5) is 2.73. The van der Waals surface area contributed by atoms with Crippen molar-refractivity contribution < 1.29 is 0 Å². The second kappa shape index (κ2) is 6.15. The molecule has 2 fully saturated rings. The van der Waals surface area contributed by atoms with Crippen LogP contribution in [0.2, 0.25) is 0 Å². The molecule has 1 aliphatic heterocycles. The lowest BCUT2D eigenvalue weighted by molar-refractivity contribution is 0.0382. The summed E-state index contributed by atoms with van der Waals surface area (Å²) in [5.74, 6) is 3.06. The van der Waals surface area contributed by atoms with Crippen molar-refractivity contribution in [2.45, 2.75) is 57.2 Å². The Morgan fingerprint density at radius 3 is 2.50 bits per heavy atom. The predicted molar refractivity (Wildman–Crippen MR) is 82.1 cm³/mol. The number of hydrogen-bond acceptors (Lipinski definition) is 3. The van der Waals surface area contributed by atoms with Gasteiger partial charge in [0, 0.05) is 36.2 Å². The first-order valence-corrected chi connectivity index (χ1v) is 8.69. The molecule has 0 aromatic heterocycles. The van der Waals surface area contributed by atoms with E-state index in [9.17, 15) is 0 Å². The van der Waals surface area contributed by atoms with Crippen LogP contribution >= 0.6 is 11.8 Å². The van der Waals surface area contributed by atoms with E-state index in [2.05, 4.69) is 37.4 Å². The Balaban J connectivity index is 1.99. The van der Waals surface area contributed by atoms with Crippen molar-refractivity contribution in [3.63, 3.8) is 0 Å². The van der Waals surface area contributed by atoms with Crippen molar-refractivity contribution in [3.05, 3.63) is 0 Å². The minimum absolute atomic E-state index is 0.334.